The monoisotopic (exact) mass is 314 g/mol. The summed E-state index contributed by atoms with van der Waals surface area (Å²) in [5.74, 6) is 0.349. The quantitative estimate of drug-likeness (QED) is 0.480. The van der Waals surface area contributed by atoms with Crippen LogP contribution in [0.3, 0.4) is 0 Å². The molecule has 0 bridgehead atoms. The van der Waals surface area contributed by atoms with Gasteiger partial charge in [-0.3, -0.25) is 0 Å². The van der Waals surface area contributed by atoms with E-state index in [1.165, 1.54) is 24.3 Å². The van der Waals surface area contributed by atoms with Gasteiger partial charge in [0.1, 0.15) is 15.9 Å². The van der Waals surface area contributed by atoms with Gasteiger partial charge in [-0.2, -0.15) is 0 Å². The van der Waals surface area contributed by atoms with Gasteiger partial charge in [0.15, 0.2) is 0 Å². The van der Waals surface area contributed by atoms with E-state index >= 15 is 0 Å². The first-order valence-electron chi connectivity index (χ1n) is 5.84. The van der Waals surface area contributed by atoms with Crippen molar-refractivity contribution >= 4 is 10.1 Å². The minimum absolute atomic E-state index is 0. The maximum atomic E-state index is 10.3. The number of phenolic OH excluding ortho intramolecular Hbond substituents is 1. The molecule has 2 aromatic carbocycles. The Labute approximate surface area is 147 Å². The Balaban J connectivity index is 0.000000364. The Hall–Kier alpha value is -1.11. The van der Waals surface area contributed by atoms with Gasteiger partial charge in [-0.1, -0.05) is 42.5 Å². The second-order valence-corrected chi connectivity index (χ2v) is 5.27. The molecule has 0 amide bonds. The summed E-state index contributed by atoms with van der Waals surface area (Å²) in [7, 11) is -4.25. The van der Waals surface area contributed by atoms with Crippen LogP contribution in [0.25, 0.3) is 0 Å². The summed E-state index contributed by atoms with van der Waals surface area (Å²) >= 11 is 0. The van der Waals surface area contributed by atoms with Crippen LogP contribution in [0.15, 0.2) is 72.1 Å². The molecule has 1 N–H and O–H groups in total. The summed E-state index contributed by atoms with van der Waals surface area (Å²) in [6, 6.07) is 14.5. The van der Waals surface area contributed by atoms with E-state index in [1.54, 1.807) is 18.2 Å². The first-order valence-corrected chi connectivity index (χ1v) is 7.24. The minimum Gasteiger partial charge on any atom is -0.744 e. The molecule has 0 aliphatic heterocycles. The number of rotatable bonds is 3. The molecule has 0 atom stereocenters. The maximum absolute atomic E-state index is 10.3. The van der Waals surface area contributed by atoms with E-state index in [4.69, 9.17) is 0 Å². The number of phenols is 1. The summed E-state index contributed by atoms with van der Waals surface area (Å²) in [5, 5.41) is 9.19. The van der Waals surface area contributed by atoms with E-state index in [0.29, 0.717) is 5.75 Å². The molecular weight excluding hydrogens is 299 g/mol. The summed E-state index contributed by atoms with van der Waals surface area (Å²) in [4.78, 5) is -0.185. The van der Waals surface area contributed by atoms with Crippen LogP contribution >= 0.6 is 0 Å². The molecule has 0 aromatic heterocycles. The van der Waals surface area contributed by atoms with Crippen LogP contribution in [0.5, 0.6) is 5.75 Å². The zero-order chi connectivity index (χ0) is 15.0. The van der Waals surface area contributed by atoms with Gasteiger partial charge in [-0.15, -0.1) is 6.58 Å². The fourth-order valence-electron chi connectivity index (χ4n) is 1.43. The van der Waals surface area contributed by atoms with Gasteiger partial charge in [-0.05, 0) is 30.2 Å². The molecule has 0 saturated carbocycles. The summed E-state index contributed by atoms with van der Waals surface area (Å²) in [5.41, 5.74) is 0.928. The molecule has 2 rings (SSSR count). The number of para-hydroxylation sites is 1. The largest absolute Gasteiger partial charge is 1.00 e. The third-order valence-corrected chi connectivity index (χ3v) is 3.24. The second kappa shape index (κ2) is 9.76. The molecule has 0 spiro atoms. The van der Waals surface area contributed by atoms with E-state index in [9.17, 15) is 18.1 Å². The Morgan fingerprint density at radius 1 is 1.05 bits per heavy atom. The zero-order valence-electron chi connectivity index (χ0n) is 11.8. The third kappa shape index (κ3) is 7.45. The predicted octanol–water partition coefficient (Wildman–Crippen LogP) is -0.285. The number of aromatic hydroxyl groups is 1. The van der Waals surface area contributed by atoms with Gasteiger partial charge in [-0.25, -0.2) is 8.42 Å². The van der Waals surface area contributed by atoms with Crippen LogP contribution in [0.1, 0.15) is 5.56 Å². The van der Waals surface area contributed by atoms with Crippen molar-refractivity contribution in [1.82, 2.24) is 0 Å². The maximum Gasteiger partial charge on any atom is 1.00 e. The van der Waals surface area contributed by atoms with Crippen LogP contribution in [-0.4, -0.2) is 18.1 Å². The number of allylic oxidation sites excluding steroid dienone is 1. The molecule has 6 heteroatoms. The Morgan fingerprint density at radius 3 is 2.00 bits per heavy atom. The molecular formula is C15H15NaO4S. The Bertz CT molecular complexity index is 654. The standard InChI is InChI=1S/C9H10O.C6H6O3S.Na/c1-2-5-8-6-3-4-7-9(8)10;7-10(8,9)6-4-2-1-3-5-6;/h2-4,6-7,10H,1,5H2;1-5H,(H,7,8,9);/q;;+1/p-1. The fraction of sp³-hybridized carbons (Fsp3) is 0.0667. The molecule has 4 nitrogen and oxygen atoms in total. The normalized spacial score (nSPS) is 9.76. The smallest absolute Gasteiger partial charge is 0.744 e. The molecule has 0 heterocycles. The minimum atomic E-state index is -4.25. The Morgan fingerprint density at radius 2 is 1.57 bits per heavy atom. The van der Waals surface area contributed by atoms with Crippen LogP contribution in [-0.2, 0) is 16.5 Å². The topological polar surface area (TPSA) is 77.4 Å². The van der Waals surface area contributed by atoms with Crippen LogP contribution in [0, 0.1) is 0 Å². The SMILES string of the molecule is C=CCc1ccccc1O.O=S(=O)([O-])c1ccccc1.[Na+]. The van der Waals surface area contributed by atoms with E-state index in [-0.39, 0.29) is 34.5 Å². The number of hydrogen-bond acceptors (Lipinski definition) is 4. The van der Waals surface area contributed by atoms with E-state index in [2.05, 4.69) is 6.58 Å². The van der Waals surface area contributed by atoms with Gasteiger partial charge in [0.2, 0.25) is 0 Å². The van der Waals surface area contributed by atoms with Gasteiger partial charge >= 0.3 is 29.6 Å². The van der Waals surface area contributed by atoms with E-state index in [0.717, 1.165) is 12.0 Å². The molecule has 21 heavy (non-hydrogen) atoms. The average Bonchev–Trinajstić information content (AvgIpc) is 2.43. The Kier molecular flexibility index (Phi) is 9.24. The van der Waals surface area contributed by atoms with Crippen molar-refractivity contribution in [3.05, 3.63) is 72.8 Å². The summed E-state index contributed by atoms with van der Waals surface area (Å²) < 4.78 is 30.8. The van der Waals surface area contributed by atoms with Gasteiger partial charge < -0.3 is 9.66 Å². The second-order valence-electron chi connectivity index (χ2n) is 3.89. The molecule has 106 valence electrons. The van der Waals surface area contributed by atoms with Crippen molar-refractivity contribution in [2.24, 2.45) is 0 Å². The fourth-order valence-corrected chi connectivity index (χ4v) is 1.92. The molecule has 0 saturated heterocycles. The summed E-state index contributed by atoms with van der Waals surface area (Å²) in [6.45, 7) is 3.59. The zero-order valence-corrected chi connectivity index (χ0v) is 14.6. The van der Waals surface area contributed by atoms with Gasteiger partial charge in [0, 0.05) is 0 Å². The van der Waals surface area contributed by atoms with Gasteiger partial charge in [0.25, 0.3) is 0 Å². The van der Waals surface area contributed by atoms with Gasteiger partial charge in [0.05, 0.1) is 4.90 Å². The molecule has 0 aliphatic rings. The molecule has 2 aromatic rings. The van der Waals surface area contributed by atoms with Crippen LogP contribution in [0.4, 0.5) is 0 Å². The number of hydrogen-bond donors (Lipinski definition) is 1. The van der Waals surface area contributed by atoms with Crippen LogP contribution < -0.4 is 29.6 Å². The van der Waals surface area contributed by atoms with Crippen molar-refractivity contribution in [1.29, 1.82) is 0 Å². The predicted molar refractivity (Wildman–Crippen MR) is 76.4 cm³/mol. The van der Waals surface area contributed by atoms with Crippen molar-refractivity contribution in [2.45, 2.75) is 11.3 Å². The molecule has 0 unspecified atom stereocenters. The molecule has 0 aliphatic carbocycles. The van der Waals surface area contributed by atoms with Crippen molar-refractivity contribution < 1.29 is 47.6 Å². The first kappa shape index (κ1) is 19.9. The molecule has 0 fully saturated rings. The third-order valence-electron chi connectivity index (χ3n) is 2.39. The van der Waals surface area contributed by atoms with E-state index < -0.39 is 10.1 Å². The first-order chi connectivity index (χ1) is 9.45. The van der Waals surface area contributed by atoms with Crippen molar-refractivity contribution in [3.8, 4) is 5.75 Å². The average molecular weight is 314 g/mol. The van der Waals surface area contributed by atoms with Crippen molar-refractivity contribution in [2.75, 3.05) is 0 Å². The number of benzene rings is 2. The van der Waals surface area contributed by atoms with Crippen molar-refractivity contribution in [3.63, 3.8) is 0 Å². The molecule has 0 radical (unpaired) electrons. The van der Waals surface area contributed by atoms with E-state index in [1.807, 2.05) is 18.2 Å². The summed E-state index contributed by atoms with van der Waals surface area (Å²) in [6.07, 6.45) is 2.50. The van der Waals surface area contributed by atoms with Crippen LogP contribution in [0.2, 0.25) is 0 Å².